The molecule has 1 aliphatic rings. The van der Waals surface area contributed by atoms with Crippen molar-refractivity contribution >= 4 is 17.4 Å². The molecule has 0 atom stereocenters. The van der Waals surface area contributed by atoms with Gasteiger partial charge in [-0.2, -0.15) is 0 Å². The first-order valence-corrected chi connectivity index (χ1v) is 5.64. The Morgan fingerprint density at radius 3 is 3.14 bits per heavy atom. The van der Waals surface area contributed by atoms with Crippen molar-refractivity contribution in [1.82, 2.24) is 0 Å². The minimum Gasteiger partial charge on any atom is -0.228 e. The summed E-state index contributed by atoms with van der Waals surface area (Å²) in [5, 5.41) is 4.62. The average Bonchev–Trinajstić information content (AvgIpc) is 2.39. The van der Waals surface area contributed by atoms with Gasteiger partial charge in [-0.05, 0) is 36.8 Å². The number of nitroso groups, excluding NO2 is 1. The predicted octanol–water partition coefficient (Wildman–Crippen LogP) is 2.98. The Morgan fingerprint density at radius 2 is 2.36 bits per heavy atom. The molecular weight excluding hydrogens is 196 g/mol. The fraction of sp³-hybridized carbons (Fsp3) is 0.400. The molecule has 0 spiro atoms. The van der Waals surface area contributed by atoms with Gasteiger partial charge in [-0.25, -0.2) is 5.01 Å². The lowest BCUT2D eigenvalue weighted by molar-refractivity contribution is 0.807. The maximum absolute atomic E-state index is 10.7. The maximum Gasteiger partial charge on any atom is 0.0764 e. The second-order valence-corrected chi connectivity index (χ2v) is 4.51. The van der Waals surface area contributed by atoms with E-state index in [1.807, 2.05) is 13.0 Å². The number of hydrogen-bond acceptors (Lipinski definition) is 3. The Kier molecular flexibility index (Phi) is 2.72. The van der Waals surface area contributed by atoms with E-state index in [0.29, 0.717) is 0 Å². The van der Waals surface area contributed by atoms with Crippen LogP contribution in [0, 0.1) is 11.8 Å². The van der Waals surface area contributed by atoms with Crippen LogP contribution in [0.3, 0.4) is 0 Å². The van der Waals surface area contributed by atoms with E-state index >= 15 is 0 Å². The molecule has 0 radical (unpaired) electrons. The molecule has 14 heavy (non-hydrogen) atoms. The van der Waals surface area contributed by atoms with E-state index in [1.165, 1.54) is 5.56 Å². The number of nitrogens with zero attached hydrogens (tertiary/aromatic N) is 2. The van der Waals surface area contributed by atoms with Crippen LogP contribution in [-0.4, -0.2) is 12.3 Å². The normalized spacial score (nSPS) is 15.9. The number of anilines is 1. The third-order valence-corrected chi connectivity index (χ3v) is 3.41. The lowest BCUT2D eigenvalue weighted by Crippen LogP contribution is -2.16. The lowest BCUT2D eigenvalue weighted by Gasteiger charge is -2.14. The third kappa shape index (κ3) is 1.75. The summed E-state index contributed by atoms with van der Waals surface area (Å²) in [6, 6.07) is 6.16. The number of aryl methyl sites for hydroxylation is 1. The Bertz CT molecular complexity index is 354. The Labute approximate surface area is 87.4 Å². The molecule has 0 bridgehead atoms. The topological polar surface area (TPSA) is 32.7 Å². The SMILES string of the molecule is Cc1ccc2c(c1)N(N=O)CCCS2. The Morgan fingerprint density at radius 1 is 1.50 bits per heavy atom. The summed E-state index contributed by atoms with van der Waals surface area (Å²) in [5.41, 5.74) is 2.13. The standard InChI is InChI=1S/C10H12N2OS/c1-8-3-4-10-9(7-8)12(11-13)5-2-6-14-10/h3-4,7H,2,5-6H2,1H3. The first-order chi connectivity index (χ1) is 6.81. The van der Waals surface area contributed by atoms with Crippen molar-refractivity contribution in [3.05, 3.63) is 28.7 Å². The highest BCUT2D eigenvalue weighted by molar-refractivity contribution is 7.99. The predicted molar refractivity (Wildman–Crippen MR) is 59.7 cm³/mol. The van der Waals surface area contributed by atoms with E-state index in [1.54, 1.807) is 16.8 Å². The summed E-state index contributed by atoms with van der Waals surface area (Å²) in [7, 11) is 0. The van der Waals surface area contributed by atoms with Crippen LogP contribution >= 0.6 is 11.8 Å². The van der Waals surface area contributed by atoms with Crippen molar-refractivity contribution < 1.29 is 0 Å². The molecule has 1 aromatic carbocycles. The zero-order chi connectivity index (χ0) is 9.97. The first-order valence-electron chi connectivity index (χ1n) is 4.65. The molecule has 74 valence electrons. The van der Waals surface area contributed by atoms with Gasteiger partial charge in [0.15, 0.2) is 0 Å². The van der Waals surface area contributed by atoms with Crippen molar-refractivity contribution in [2.24, 2.45) is 5.29 Å². The van der Waals surface area contributed by atoms with Crippen LogP contribution in [0.25, 0.3) is 0 Å². The number of rotatable bonds is 1. The lowest BCUT2D eigenvalue weighted by atomic mass is 10.2. The molecule has 1 aliphatic heterocycles. The molecule has 3 nitrogen and oxygen atoms in total. The van der Waals surface area contributed by atoms with Crippen LogP contribution in [0.2, 0.25) is 0 Å². The monoisotopic (exact) mass is 208 g/mol. The van der Waals surface area contributed by atoms with E-state index in [-0.39, 0.29) is 0 Å². The zero-order valence-electron chi connectivity index (χ0n) is 8.06. The van der Waals surface area contributed by atoms with E-state index in [4.69, 9.17) is 0 Å². The highest BCUT2D eigenvalue weighted by atomic mass is 32.2. The van der Waals surface area contributed by atoms with Gasteiger partial charge in [-0.15, -0.1) is 16.7 Å². The molecule has 0 aromatic heterocycles. The van der Waals surface area contributed by atoms with Gasteiger partial charge in [0.25, 0.3) is 0 Å². The smallest absolute Gasteiger partial charge is 0.0764 e. The minimum atomic E-state index is 0.729. The van der Waals surface area contributed by atoms with Crippen molar-refractivity contribution in [3.63, 3.8) is 0 Å². The van der Waals surface area contributed by atoms with Gasteiger partial charge in [-0.3, -0.25) is 0 Å². The van der Waals surface area contributed by atoms with Crippen LogP contribution in [-0.2, 0) is 0 Å². The van der Waals surface area contributed by atoms with Crippen LogP contribution in [0.5, 0.6) is 0 Å². The van der Waals surface area contributed by atoms with Crippen molar-refractivity contribution in [1.29, 1.82) is 0 Å². The molecular formula is C10H12N2OS. The van der Waals surface area contributed by atoms with Gasteiger partial charge >= 0.3 is 0 Å². The zero-order valence-corrected chi connectivity index (χ0v) is 8.88. The fourth-order valence-corrected chi connectivity index (χ4v) is 2.52. The summed E-state index contributed by atoms with van der Waals surface area (Å²) in [5.74, 6) is 1.06. The Hall–Kier alpha value is -1.03. The molecule has 4 heteroatoms. The molecule has 1 heterocycles. The fourth-order valence-electron chi connectivity index (χ4n) is 1.55. The van der Waals surface area contributed by atoms with Crippen LogP contribution in [0.15, 0.2) is 28.4 Å². The number of thioether (sulfide) groups is 1. The minimum absolute atomic E-state index is 0.729. The first kappa shape index (κ1) is 9.52. The second kappa shape index (κ2) is 4.00. The molecule has 0 saturated heterocycles. The molecule has 1 aromatic rings. The summed E-state index contributed by atoms with van der Waals surface area (Å²) < 4.78 is 0. The van der Waals surface area contributed by atoms with Gasteiger partial charge in [0.1, 0.15) is 0 Å². The van der Waals surface area contributed by atoms with Crippen molar-refractivity contribution in [2.45, 2.75) is 18.2 Å². The summed E-state index contributed by atoms with van der Waals surface area (Å²) in [4.78, 5) is 11.8. The van der Waals surface area contributed by atoms with E-state index in [0.717, 1.165) is 29.3 Å². The molecule has 0 aliphatic carbocycles. The second-order valence-electron chi connectivity index (χ2n) is 3.38. The van der Waals surface area contributed by atoms with Crippen molar-refractivity contribution in [3.8, 4) is 0 Å². The van der Waals surface area contributed by atoms with E-state index in [2.05, 4.69) is 17.4 Å². The third-order valence-electron chi connectivity index (χ3n) is 2.26. The van der Waals surface area contributed by atoms with Gasteiger partial charge in [0, 0.05) is 11.4 Å². The van der Waals surface area contributed by atoms with Crippen LogP contribution in [0.4, 0.5) is 5.69 Å². The van der Waals surface area contributed by atoms with E-state index in [9.17, 15) is 4.91 Å². The molecule has 0 N–H and O–H groups in total. The van der Waals surface area contributed by atoms with Gasteiger partial charge < -0.3 is 0 Å². The average molecular weight is 208 g/mol. The molecule has 0 unspecified atom stereocenters. The summed E-state index contributed by atoms with van der Waals surface area (Å²) in [6.45, 7) is 2.76. The van der Waals surface area contributed by atoms with Gasteiger partial charge in [0.05, 0.1) is 11.0 Å². The van der Waals surface area contributed by atoms with Crippen LogP contribution in [0.1, 0.15) is 12.0 Å². The Balaban J connectivity index is 2.45. The number of benzene rings is 1. The van der Waals surface area contributed by atoms with Gasteiger partial charge in [-0.1, -0.05) is 6.07 Å². The largest absolute Gasteiger partial charge is 0.228 e. The molecule has 0 amide bonds. The molecule has 2 rings (SSSR count). The van der Waals surface area contributed by atoms with Gasteiger partial charge in [0.2, 0.25) is 0 Å². The quantitative estimate of drug-likeness (QED) is 0.665. The molecule has 0 saturated carbocycles. The summed E-state index contributed by atoms with van der Waals surface area (Å²) >= 11 is 1.80. The van der Waals surface area contributed by atoms with Crippen molar-refractivity contribution in [2.75, 3.05) is 17.3 Å². The highest BCUT2D eigenvalue weighted by Crippen LogP contribution is 2.34. The highest BCUT2D eigenvalue weighted by Gasteiger charge is 2.15. The van der Waals surface area contributed by atoms with Crippen LogP contribution < -0.4 is 5.01 Å². The molecule has 0 fully saturated rings. The number of hydrogen-bond donors (Lipinski definition) is 0. The number of fused-ring (bicyclic) bond motifs is 1. The van der Waals surface area contributed by atoms with E-state index < -0.39 is 0 Å². The maximum atomic E-state index is 10.7. The summed E-state index contributed by atoms with van der Waals surface area (Å²) in [6.07, 6.45) is 1.00.